The first-order valence-electron chi connectivity index (χ1n) is 9.62. The van der Waals surface area contributed by atoms with E-state index in [2.05, 4.69) is 100 Å². The van der Waals surface area contributed by atoms with Crippen LogP contribution in [0.1, 0.15) is 27.7 Å². The Kier molecular flexibility index (Phi) is 5.18. The minimum atomic E-state index is -0.272. The van der Waals surface area contributed by atoms with Gasteiger partial charge in [0.15, 0.2) is 0 Å². The third kappa shape index (κ3) is 2.83. The van der Waals surface area contributed by atoms with Crippen LogP contribution in [0.2, 0.25) is 0 Å². The van der Waals surface area contributed by atoms with Crippen LogP contribution in [0.15, 0.2) is 83.7 Å². The Hall–Kier alpha value is -1.22. The Morgan fingerprint density at radius 1 is 0.846 bits per heavy atom. The van der Waals surface area contributed by atoms with Crippen LogP contribution < -0.4 is 10.6 Å². The van der Waals surface area contributed by atoms with Crippen LogP contribution in [0.25, 0.3) is 0 Å². The van der Waals surface area contributed by atoms with Gasteiger partial charge in [0, 0.05) is 17.0 Å². The fraction of sp³-hybridized carbons (Fsp3) is 0.333. The Morgan fingerprint density at radius 2 is 1.42 bits per heavy atom. The van der Waals surface area contributed by atoms with E-state index < -0.39 is 0 Å². The molecule has 0 aliphatic carbocycles. The maximum absolute atomic E-state index is 2.53. The molecule has 4 rings (SSSR count). The predicted octanol–water partition coefficient (Wildman–Crippen LogP) is 6.24. The molecule has 0 nitrogen and oxygen atoms in total. The normalized spacial score (nSPS) is 31.8. The summed E-state index contributed by atoms with van der Waals surface area (Å²) < 4.78 is 0. The molecule has 2 heterocycles. The summed E-state index contributed by atoms with van der Waals surface area (Å²) in [6, 6.07) is 22.6. The quantitative estimate of drug-likeness (QED) is 0.436. The van der Waals surface area contributed by atoms with Crippen LogP contribution in [0.3, 0.4) is 0 Å². The van der Waals surface area contributed by atoms with E-state index in [0.29, 0.717) is 0 Å². The van der Waals surface area contributed by atoms with Crippen molar-refractivity contribution in [2.75, 3.05) is 0 Å². The smallest absolute Gasteiger partial charge is 0.0123 e. The summed E-state index contributed by atoms with van der Waals surface area (Å²) in [5.41, 5.74) is 5.66. The third-order valence-corrected chi connectivity index (χ3v) is 13.0. The molecule has 0 amide bonds. The zero-order chi connectivity index (χ0) is 18.3. The van der Waals surface area contributed by atoms with Gasteiger partial charge in [-0.1, -0.05) is 98.5 Å². The number of allylic oxidation sites excluding steroid dienone is 3. The lowest BCUT2D eigenvalue weighted by molar-refractivity contribution is 0.560. The van der Waals surface area contributed by atoms with Gasteiger partial charge in [0.05, 0.1) is 0 Å². The molecule has 0 radical (unpaired) electrons. The first-order valence-corrected chi connectivity index (χ1v) is 12.6. The van der Waals surface area contributed by atoms with Crippen LogP contribution in [0.5, 0.6) is 0 Å². The lowest BCUT2D eigenvalue weighted by Gasteiger charge is -2.35. The van der Waals surface area contributed by atoms with Crippen molar-refractivity contribution in [1.29, 1.82) is 0 Å². The molecule has 26 heavy (non-hydrogen) atoms. The fourth-order valence-corrected chi connectivity index (χ4v) is 12.8. The molecule has 1 saturated heterocycles. The lowest BCUT2D eigenvalue weighted by Crippen LogP contribution is -2.32. The molecule has 134 valence electrons. The highest BCUT2D eigenvalue weighted by Gasteiger charge is 2.56. The maximum atomic E-state index is 2.53. The van der Waals surface area contributed by atoms with Gasteiger partial charge in [-0.15, -0.1) is 0 Å². The first kappa shape index (κ1) is 18.2. The van der Waals surface area contributed by atoms with E-state index in [-0.39, 0.29) is 15.8 Å². The molecule has 2 bridgehead atoms. The van der Waals surface area contributed by atoms with Crippen molar-refractivity contribution >= 4 is 26.5 Å². The van der Waals surface area contributed by atoms with Crippen molar-refractivity contribution in [2.45, 2.75) is 44.7 Å². The largest absolute Gasteiger partial charge is 0.0869 e. The van der Waals surface area contributed by atoms with Crippen molar-refractivity contribution in [3.63, 3.8) is 0 Å². The molecule has 0 saturated carbocycles. The maximum Gasteiger partial charge on any atom is 0.0123 e. The van der Waals surface area contributed by atoms with E-state index in [0.717, 1.165) is 22.9 Å². The minimum Gasteiger partial charge on any atom is -0.0869 e. The van der Waals surface area contributed by atoms with Crippen LogP contribution in [-0.4, -0.2) is 17.0 Å². The van der Waals surface area contributed by atoms with E-state index in [1.54, 1.807) is 21.8 Å². The summed E-state index contributed by atoms with van der Waals surface area (Å²) in [6.45, 7) is 9.55. The molecular weight excluding hydrogens is 350 g/mol. The van der Waals surface area contributed by atoms with Gasteiger partial charge in [0.1, 0.15) is 0 Å². The van der Waals surface area contributed by atoms with E-state index in [1.165, 1.54) is 0 Å². The minimum absolute atomic E-state index is 0.134. The number of fused-ring (bicyclic) bond motifs is 2. The predicted molar refractivity (Wildman–Crippen MR) is 120 cm³/mol. The van der Waals surface area contributed by atoms with Crippen molar-refractivity contribution in [3.8, 4) is 0 Å². The standard InChI is InChI=1S/C24H28P2/c1-5-16-25(20-12-8-6-9-13-20)23-19(4)22-17(2)18(3)24(23)26(22)21-14-10-7-11-15-21/h5-16,19,22-24H,1-4H3/b16-5-. The van der Waals surface area contributed by atoms with Crippen molar-refractivity contribution < 1.29 is 0 Å². The van der Waals surface area contributed by atoms with Crippen LogP contribution >= 0.6 is 15.8 Å². The summed E-state index contributed by atoms with van der Waals surface area (Å²) in [5, 5.41) is 3.14. The van der Waals surface area contributed by atoms with Crippen LogP contribution in [0, 0.1) is 5.92 Å². The second-order valence-corrected chi connectivity index (χ2v) is 12.2. The Bertz CT molecular complexity index is 822. The Labute approximate surface area is 160 Å². The van der Waals surface area contributed by atoms with E-state index in [9.17, 15) is 0 Å². The zero-order valence-electron chi connectivity index (χ0n) is 16.1. The van der Waals surface area contributed by atoms with Gasteiger partial charge in [-0.05, 0) is 45.2 Å². The Balaban J connectivity index is 1.80. The Morgan fingerprint density at radius 3 is 2.04 bits per heavy atom. The van der Waals surface area contributed by atoms with Gasteiger partial charge >= 0.3 is 0 Å². The van der Waals surface area contributed by atoms with Crippen molar-refractivity contribution in [1.82, 2.24) is 0 Å². The summed E-state index contributed by atoms with van der Waals surface area (Å²) in [6.07, 6.45) is 2.29. The van der Waals surface area contributed by atoms with Gasteiger partial charge < -0.3 is 0 Å². The molecule has 2 heteroatoms. The number of hydrogen-bond acceptors (Lipinski definition) is 0. The van der Waals surface area contributed by atoms with Crippen molar-refractivity contribution in [2.24, 2.45) is 5.92 Å². The SMILES string of the molecule is C/C=C\P(c1ccccc1)C1C(C)C2C(C)=C(C)C1P2c1ccccc1. The molecule has 1 fully saturated rings. The second-order valence-electron chi connectivity index (χ2n) is 7.57. The molecule has 6 unspecified atom stereocenters. The monoisotopic (exact) mass is 378 g/mol. The molecule has 2 aliphatic heterocycles. The average Bonchev–Trinajstić information content (AvgIpc) is 3.11. The van der Waals surface area contributed by atoms with Gasteiger partial charge in [-0.2, -0.15) is 0 Å². The zero-order valence-corrected chi connectivity index (χ0v) is 17.9. The molecule has 0 aromatic heterocycles. The molecule has 6 atom stereocenters. The molecule has 2 aliphatic rings. The topological polar surface area (TPSA) is 0 Å². The highest BCUT2D eigenvalue weighted by Crippen LogP contribution is 2.72. The number of rotatable bonds is 4. The van der Waals surface area contributed by atoms with Crippen LogP contribution in [-0.2, 0) is 0 Å². The highest BCUT2D eigenvalue weighted by atomic mass is 31.1. The molecule has 2 aromatic rings. The van der Waals surface area contributed by atoms with Gasteiger partial charge in [0.25, 0.3) is 0 Å². The highest BCUT2D eigenvalue weighted by molar-refractivity contribution is 7.73. The summed E-state index contributed by atoms with van der Waals surface area (Å²) >= 11 is 0. The molecular formula is C24H28P2. The van der Waals surface area contributed by atoms with E-state index in [1.807, 2.05) is 0 Å². The van der Waals surface area contributed by atoms with Gasteiger partial charge in [-0.3, -0.25) is 0 Å². The van der Waals surface area contributed by atoms with Crippen molar-refractivity contribution in [3.05, 3.63) is 83.7 Å². The lowest BCUT2D eigenvalue weighted by atomic mass is 9.86. The van der Waals surface area contributed by atoms with Crippen LogP contribution in [0.4, 0.5) is 0 Å². The second kappa shape index (κ2) is 7.42. The fourth-order valence-electron chi connectivity index (χ4n) is 5.04. The summed E-state index contributed by atoms with van der Waals surface area (Å²) in [5.74, 6) is 3.28. The number of benzene rings is 2. The van der Waals surface area contributed by atoms with Gasteiger partial charge in [-0.25, -0.2) is 0 Å². The first-order chi connectivity index (χ1) is 12.6. The summed E-state index contributed by atoms with van der Waals surface area (Å²) in [7, 11) is -0.406. The van der Waals surface area contributed by atoms with E-state index >= 15 is 0 Å². The summed E-state index contributed by atoms with van der Waals surface area (Å²) in [4.78, 5) is 0. The average molecular weight is 378 g/mol. The molecule has 2 aromatic carbocycles. The molecule has 0 N–H and O–H groups in total. The third-order valence-electron chi connectivity index (χ3n) is 6.21. The van der Waals surface area contributed by atoms with E-state index in [4.69, 9.17) is 0 Å². The molecule has 0 spiro atoms. The number of hydrogen-bond donors (Lipinski definition) is 0. The van der Waals surface area contributed by atoms with Gasteiger partial charge in [0.2, 0.25) is 0 Å².